The maximum Gasteiger partial charge on any atom is 0.308 e. The molecule has 0 saturated carbocycles. The number of hydrogen-bond donors (Lipinski definition) is 1. The highest BCUT2D eigenvalue weighted by molar-refractivity contribution is 5.72. The number of unbranched alkanes of at least 4 members (excludes halogenated alkanes) is 22. The van der Waals surface area contributed by atoms with E-state index in [9.17, 15) is 19.1 Å². The van der Waals surface area contributed by atoms with Crippen molar-refractivity contribution < 1.29 is 28.6 Å². The van der Waals surface area contributed by atoms with Gasteiger partial charge in [-0.2, -0.15) is 0 Å². The van der Waals surface area contributed by atoms with Crippen molar-refractivity contribution in [2.24, 2.45) is 5.92 Å². The SMILES string of the molecule is CCCCCCCCC(CCCCCCCF)C(=O)OCCCCCCCN(CCO)CCCCCCCOC(=O)CCCCCCCC=C(C)C. The number of carbonyl (C=O) groups excluding carboxylic acids is 2. The normalized spacial score (nSPS) is 12.0. The van der Waals surface area contributed by atoms with Crippen molar-refractivity contribution in [3.63, 3.8) is 0 Å². The van der Waals surface area contributed by atoms with Gasteiger partial charge in [0.15, 0.2) is 0 Å². The van der Waals surface area contributed by atoms with Gasteiger partial charge in [0.1, 0.15) is 0 Å². The second kappa shape index (κ2) is 40.7. The van der Waals surface area contributed by atoms with E-state index in [-0.39, 0.29) is 31.1 Å². The molecule has 1 N–H and O–H groups in total. The Balaban J connectivity index is 3.91. The summed E-state index contributed by atoms with van der Waals surface area (Å²) < 4.78 is 23.6. The van der Waals surface area contributed by atoms with Crippen LogP contribution in [0.3, 0.4) is 0 Å². The fraction of sp³-hybridized carbons (Fsp3) is 0.911. The molecule has 0 aliphatic carbocycles. The Morgan fingerprint density at radius 2 is 1.08 bits per heavy atom. The third kappa shape index (κ3) is 36.9. The van der Waals surface area contributed by atoms with Gasteiger partial charge in [-0.05, 0) is 91.1 Å². The molecule has 0 aromatic heterocycles. The molecule has 0 heterocycles. The minimum atomic E-state index is -0.225. The summed E-state index contributed by atoms with van der Waals surface area (Å²) in [5.74, 6) is -0.0222. The Kier molecular flexibility index (Phi) is 39.6. The van der Waals surface area contributed by atoms with E-state index in [1.807, 2.05) is 0 Å². The summed E-state index contributed by atoms with van der Waals surface area (Å²) in [6, 6.07) is 0. The first-order valence-electron chi connectivity index (χ1n) is 22.3. The predicted octanol–water partition coefficient (Wildman–Crippen LogP) is 12.6. The molecule has 308 valence electrons. The van der Waals surface area contributed by atoms with E-state index in [2.05, 4.69) is 31.7 Å². The van der Waals surface area contributed by atoms with E-state index >= 15 is 0 Å². The van der Waals surface area contributed by atoms with Crippen LogP contribution in [0.5, 0.6) is 0 Å². The van der Waals surface area contributed by atoms with Crippen LogP contribution in [0.2, 0.25) is 0 Å². The summed E-state index contributed by atoms with van der Waals surface area (Å²) in [7, 11) is 0. The Morgan fingerprint density at radius 3 is 1.63 bits per heavy atom. The van der Waals surface area contributed by atoms with Crippen LogP contribution in [-0.4, -0.2) is 68.1 Å². The highest BCUT2D eigenvalue weighted by Crippen LogP contribution is 2.21. The van der Waals surface area contributed by atoms with Gasteiger partial charge in [-0.3, -0.25) is 14.0 Å². The lowest BCUT2D eigenvalue weighted by Gasteiger charge is -2.21. The number of ether oxygens (including phenoxy) is 2. The number of halogens is 1. The van der Waals surface area contributed by atoms with Gasteiger partial charge >= 0.3 is 11.9 Å². The van der Waals surface area contributed by atoms with Crippen LogP contribution in [0.15, 0.2) is 11.6 Å². The molecule has 1 atom stereocenters. The van der Waals surface area contributed by atoms with Gasteiger partial charge in [0.2, 0.25) is 0 Å². The fourth-order valence-electron chi connectivity index (χ4n) is 6.86. The number of rotatable bonds is 41. The Hall–Kier alpha value is -1.47. The van der Waals surface area contributed by atoms with Gasteiger partial charge in [0, 0.05) is 13.0 Å². The van der Waals surface area contributed by atoms with Gasteiger partial charge in [-0.15, -0.1) is 0 Å². The van der Waals surface area contributed by atoms with Crippen LogP contribution in [0.4, 0.5) is 4.39 Å². The molecule has 7 heteroatoms. The summed E-state index contributed by atoms with van der Waals surface area (Å²) in [6.07, 6.45) is 34.7. The lowest BCUT2D eigenvalue weighted by atomic mass is 9.94. The number of carbonyl (C=O) groups is 2. The molecular weight excluding hydrogens is 653 g/mol. The van der Waals surface area contributed by atoms with Gasteiger partial charge in [-0.25, -0.2) is 0 Å². The molecule has 0 aromatic carbocycles. The molecule has 0 aliphatic rings. The van der Waals surface area contributed by atoms with E-state index < -0.39 is 0 Å². The molecule has 0 rings (SSSR count). The van der Waals surface area contributed by atoms with E-state index in [4.69, 9.17) is 9.47 Å². The smallest absolute Gasteiger partial charge is 0.308 e. The molecule has 6 nitrogen and oxygen atoms in total. The maximum absolute atomic E-state index is 12.9. The molecule has 0 fully saturated rings. The second-order valence-electron chi connectivity index (χ2n) is 15.6. The largest absolute Gasteiger partial charge is 0.466 e. The predicted molar refractivity (Wildman–Crippen MR) is 219 cm³/mol. The summed E-state index contributed by atoms with van der Waals surface area (Å²) >= 11 is 0. The van der Waals surface area contributed by atoms with Crippen molar-refractivity contribution in [1.82, 2.24) is 4.90 Å². The second-order valence-corrected chi connectivity index (χ2v) is 15.6. The minimum absolute atomic E-state index is 0.00153. The highest BCUT2D eigenvalue weighted by atomic mass is 19.1. The maximum atomic E-state index is 12.9. The number of aliphatic hydroxyl groups excluding tert-OH is 1. The standard InChI is InChI=1S/C45H86FNO5/c1-4-5-6-7-14-23-32-43(33-24-15-10-17-26-35-46)45(50)52-41-30-21-12-19-28-37-47(38-39-48)36-27-18-11-20-29-40-51-44(49)34-25-16-9-8-13-22-31-42(2)3/h31,43,48H,4-30,32-41H2,1-3H3. The number of alkyl halides is 1. The average molecular weight is 740 g/mol. The number of esters is 2. The van der Waals surface area contributed by atoms with Crippen LogP contribution >= 0.6 is 0 Å². The first-order chi connectivity index (χ1) is 25.4. The highest BCUT2D eigenvalue weighted by Gasteiger charge is 2.19. The zero-order chi connectivity index (χ0) is 38.2. The van der Waals surface area contributed by atoms with Crippen molar-refractivity contribution in [1.29, 1.82) is 0 Å². The van der Waals surface area contributed by atoms with E-state index in [0.29, 0.717) is 26.1 Å². The topological polar surface area (TPSA) is 76.1 Å². The number of aliphatic hydroxyl groups is 1. The summed E-state index contributed by atoms with van der Waals surface area (Å²) in [6.45, 7) is 10.4. The molecular formula is C45H86FNO5. The van der Waals surface area contributed by atoms with Gasteiger partial charge in [0.05, 0.1) is 32.4 Å². The van der Waals surface area contributed by atoms with Crippen molar-refractivity contribution in [2.45, 2.75) is 213 Å². The van der Waals surface area contributed by atoms with Crippen LogP contribution in [-0.2, 0) is 19.1 Å². The number of hydrogen-bond acceptors (Lipinski definition) is 6. The third-order valence-corrected chi connectivity index (χ3v) is 10.2. The number of allylic oxidation sites excluding steroid dienone is 2. The molecule has 52 heavy (non-hydrogen) atoms. The molecule has 0 spiro atoms. The molecule has 0 aliphatic heterocycles. The first kappa shape index (κ1) is 50.5. The number of nitrogens with zero attached hydrogens (tertiary/aromatic N) is 1. The summed E-state index contributed by atoms with van der Waals surface area (Å²) in [5.41, 5.74) is 1.39. The molecule has 0 radical (unpaired) electrons. The van der Waals surface area contributed by atoms with E-state index in [1.54, 1.807) is 0 Å². The van der Waals surface area contributed by atoms with Gasteiger partial charge < -0.3 is 19.5 Å². The van der Waals surface area contributed by atoms with Gasteiger partial charge in [0.25, 0.3) is 0 Å². The average Bonchev–Trinajstić information content (AvgIpc) is 3.13. The lowest BCUT2D eigenvalue weighted by Crippen LogP contribution is -2.29. The lowest BCUT2D eigenvalue weighted by molar-refractivity contribution is -0.149. The monoisotopic (exact) mass is 740 g/mol. The van der Waals surface area contributed by atoms with E-state index in [1.165, 1.54) is 69.8 Å². The molecule has 0 amide bonds. The van der Waals surface area contributed by atoms with Crippen molar-refractivity contribution >= 4 is 11.9 Å². The zero-order valence-corrected chi connectivity index (χ0v) is 34.7. The van der Waals surface area contributed by atoms with Crippen molar-refractivity contribution in [3.05, 3.63) is 11.6 Å². The summed E-state index contributed by atoms with van der Waals surface area (Å²) in [4.78, 5) is 27.3. The third-order valence-electron chi connectivity index (χ3n) is 10.2. The Bertz CT molecular complexity index is 787. The van der Waals surface area contributed by atoms with Crippen LogP contribution in [0.25, 0.3) is 0 Å². The molecule has 1 unspecified atom stereocenters. The quantitative estimate of drug-likeness (QED) is 0.0382. The fourth-order valence-corrected chi connectivity index (χ4v) is 6.86. The molecule has 0 saturated heterocycles. The van der Waals surface area contributed by atoms with Crippen molar-refractivity contribution in [2.75, 3.05) is 46.1 Å². The first-order valence-corrected chi connectivity index (χ1v) is 22.3. The zero-order valence-electron chi connectivity index (χ0n) is 34.7. The van der Waals surface area contributed by atoms with Crippen LogP contribution < -0.4 is 0 Å². The van der Waals surface area contributed by atoms with Crippen LogP contribution in [0.1, 0.15) is 213 Å². The van der Waals surface area contributed by atoms with E-state index in [0.717, 1.165) is 135 Å². The molecule has 0 bridgehead atoms. The van der Waals surface area contributed by atoms with Crippen LogP contribution in [0, 0.1) is 5.92 Å². The molecule has 0 aromatic rings. The van der Waals surface area contributed by atoms with Gasteiger partial charge in [-0.1, -0.05) is 141 Å². The van der Waals surface area contributed by atoms with Crippen molar-refractivity contribution in [3.8, 4) is 0 Å². The summed E-state index contributed by atoms with van der Waals surface area (Å²) in [5, 5.41) is 9.54. The Labute approximate surface area is 321 Å². The minimum Gasteiger partial charge on any atom is -0.466 e. The Morgan fingerprint density at radius 1 is 0.596 bits per heavy atom.